The summed E-state index contributed by atoms with van der Waals surface area (Å²) in [6.45, 7) is 1.70. The Morgan fingerprint density at radius 3 is 2.27 bits per heavy atom. The lowest BCUT2D eigenvalue weighted by atomic mass is 9.98. The number of nitrogens with one attached hydrogen (secondary N) is 1. The van der Waals surface area contributed by atoms with Gasteiger partial charge in [0.1, 0.15) is 0 Å². The highest BCUT2D eigenvalue weighted by Gasteiger charge is 2.18. The van der Waals surface area contributed by atoms with Gasteiger partial charge in [0.15, 0.2) is 5.78 Å². The van der Waals surface area contributed by atoms with Gasteiger partial charge in [0, 0.05) is 22.7 Å². The molecule has 0 bridgehead atoms. The van der Waals surface area contributed by atoms with Crippen molar-refractivity contribution in [2.24, 2.45) is 0 Å². The summed E-state index contributed by atoms with van der Waals surface area (Å²) in [5, 5.41) is 12.4. The van der Waals surface area contributed by atoms with Gasteiger partial charge in [-0.2, -0.15) is 0 Å². The Morgan fingerprint density at radius 2 is 1.68 bits per heavy atom. The topological polar surface area (TPSA) is 66.4 Å². The molecule has 0 saturated carbocycles. The normalized spacial score (nSPS) is 11.8. The number of rotatable bonds is 5. The van der Waals surface area contributed by atoms with Crippen LogP contribution in [0.4, 0.5) is 0 Å². The molecule has 0 aliphatic heterocycles. The summed E-state index contributed by atoms with van der Waals surface area (Å²) in [6, 6.07) is 13.1. The van der Waals surface area contributed by atoms with Crippen LogP contribution in [0.3, 0.4) is 0 Å². The first kappa shape index (κ1) is 16.2. The van der Waals surface area contributed by atoms with Crippen molar-refractivity contribution < 1.29 is 14.7 Å². The molecule has 0 unspecified atom stereocenters. The van der Waals surface area contributed by atoms with Gasteiger partial charge in [-0.05, 0) is 37.3 Å². The van der Waals surface area contributed by atoms with E-state index in [1.165, 1.54) is 0 Å². The van der Waals surface area contributed by atoms with E-state index in [1.54, 1.807) is 55.5 Å². The van der Waals surface area contributed by atoms with Gasteiger partial charge < -0.3 is 10.4 Å². The minimum atomic E-state index is -0.650. The predicted molar refractivity (Wildman–Crippen MR) is 85.3 cm³/mol. The molecule has 22 heavy (non-hydrogen) atoms. The fourth-order valence-electron chi connectivity index (χ4n) is 1.97. The van der Waals surface area contributed by atoms with Crippen LogP contribution in [0.1, 0.15) is 33.2 Å². The largest absolute Gasteiger partial charge is 0.392 e. The molecule has 2 aromatic rings. The maximum absolute atomic E-state index is 12.5. The van der Waals surface area contributed by atoms with Crippen molar-refractivity contribution in [3.63, 3.8) is 0 Å². The third kappa shape index (κ3) is 3.93. The number of hydrogen-bond acceptors (Lipinski definition) is 3. The summed E-state index contributed by atoms with van der Waals surface area (Å²) >= 11 is 5.82. The molecule has 0 heterocycles. The van der Waals surface area contributed by atoms with E-state index in [4.69, 9.17) is 11.6 Å². The van der Waals surface area contributed by atoms with Crippen molar-refractivity contribution in [3.05, 3.63) is 70.2 Å². The molecule has 114 valence electrons. The van der Waals surface area contributed by atoms with Crippen molar-refractivity contribution in [1.29, 1.82) is 0 Å². The third-order valence-electron chi connectivity index (χ3n) is 3.08. The molecule has 0 aliphatic carbocycles. The van der Waals surface area contributed by atoms with E-state index in [1.807, 2.05) is 0 Å². The monoisotopic (exact) mass is 317 g/mol. The van der Waals surface area contributed by atoms with Crippen LogP contribution in [0, 0.1) is 0 Å². The lowest BCUT2D eigenvalue weighted by molar-refractivity contribution is 0.0915. The second-order valence-electron chi connectivity index (χ2n) is 4.94. The summed E-state index contributed by atoms with van der Waals surface area (Å²) in [5.41, 5.74) is 1.05. The number of halogens is 1. The average Bonchev–Trinajstić information content (AvgIpc) is 2.52. The van der Waals surface area contributed by atoms with E-state index in [2.05, 4.69) is 5.32 Å². The Hall–Kier alpha value is -2.17. The van der Waals surface area contributed by atoms with Crippen LogP contribution >= 0.6 is 11.6 Å². The highest BCUT2D eigenvalue weighted by atomic mass is 35.5. The Balaban J connectivity index is 2.29. The van der Waals surface area contributed by atoms with Crippen molar-refractivity contribution in [1.82, 2.24) is 5.32 Å². The second kappa shape index (κ2) is 7.20. The zero-order valence-electron chi connectivity index (χ0n) is 12.0. The third-order valence-corrected chi connectivity index (χ3v) is 3.33. The van der Waals surface area contributed by atoms with Crippen LogP contribution in [0.15, 0.2) is 48.5 Å². The lowest BCUT2D eigenvalue weighted by Crippen LogP contribution is -2.31. The molecule has 0 radical (unpaired) electrons. The standard InChI is InChI=1S/C17H16ClNO3/c1-11(20)10-19-17(22)15-5-3-2-4-14(15)16(21)12-6-8-13(18)9-7-12/h2-9,11,20H,10H2,1H3,(H,19,22)/t11-/m0/s1. The molecule has 0 saturated heterocycles. The summed E-state index contributed by atoms with van der Waals surface area (Å²) < 4.78 is 0. The van der Waals surface area contributed by atoms with E-state index in [0.29, 0.717) is 16.1 Å². The zero-order valence-corrected chi connectivity index (χ0v) is 12.8. The van der Waals surface area contributed by atoms with E-state index in [-0.39, 0.29) is 23.8 Å². The van der Waals surface area contributed by atoms with Crippen LogP contribution in [0.5, 0.6) is 0 Å². The molecular formula is C17H16ClNO3. The summed E-state index contributed by atoms with van der Waals surface area (Å²) in [6.07, 6.45) is -0.650. The van der Waals surface area contributed by atoms with Crippen LogP contribution in [0.2, 0.25) is 5.02 Å². The summed E-state index contributed by atoms with van der Waals surface area (Å²) in [4.78, 5) is 24.7. The maximum atomic E-state index is 12.5. The molecular weight excluding hydrogens is 302 g/mol. The van der Waals surface area contributed by atoms with E-state index in [9.17, 15) is 14.7 Å². The SMILES string of the molecule is C[C@H](O)CNC(=O)c1ccccc1C(=O)c1ccc(Cl)cc1. The van der Waals surface area contributed by atoms with Gasteiger partial charge in [0.25, 0.3) is 5.91 Å². The molecule has 1 atom stereocenters. The number of hydrogen-bond donors (Lipinski definition) is 2. The number of aliphatic hydroxyl groups is 1. The van der Waals surface area contributed by atoms with Crippen LogP contribution in [0.25, 0.3) is 0 Å². The second-order valence-corrected chi connectivity index (χ2v) is 5.38. The Morgan fingerprint density at radius 1 is 1.09 bits per heavy atom. The first-order valence-corrected chi connectivity index (χ1v) is 7.22. The van der Waals surface area contributed by atoms with Gasteiger partial charge in [-0.25, -0.2) is 0 Å². The van der Waals surface area contributed by atoms with Crippen molar-refractivity contribution in [2.75, 3.05) is 6.54 Å². The van der Waals surface area contributed by atoms with Gasteiger partial charge in [-0.1, -0.05) is 29.8 Å². The fourth-order valence-corrected chi connectivity index (χ4v) is 2.10. The van der Waals surface area contributed by atoms with Crippen molar-refractivity contribution in [2.45, 2.75) is 13.0 Å². The number of ketones is 1. The zero-order chi connectivity index (χ0) is 16.1. The minimum absolute atomic E-state index is 0.127. The summed E-state index contributed by atoms with van der Waals surface area (Å²) in [5.74, 6) is -0.640. The van der Waals surface area contributed by atoms with Gasteiger partial charge in [0.05, 0.1) is 11.7 Å². The fraction of sp³-hybridized carbons (Fsp3) is 0.176. The average molecular weight is 318 g/mol. The highest BCUT2D eigenvalue weighted by Crippen LogP contribution is 2.17. The number of aliphatic hydroxyl groups excluding tert-OH is 1. The van der Waals surface area contributed by atoms with E-state index < -0.39 is 6.10 Å². The first-order chi connectivity index (χ1) is 10.5. The highest BCUT2D eigenvalue weighted by molar-refractivity contribution is 6.30. The van der Waals surface area contributed by atoms with Crippen LogP contribution < -0.4 is 5.32 Å². The lowest BCUT2D eigenvalue weighted by Gasteiger charge is -2.10. The molecule has 5 heteroatoms. The molecule has 0 spiro atoms. The van der Waals surface area contributed by atoms with Crippen molar-refractivity contribution in [3.8, 4) is 0 Å². The Labute approximate surface area is 133 Å². The molecule has 2 aromatic carbocycles. The van der Waals surface area contributed by atoms with Gasteiger partial charge >= 0.3 is 0 Å². The van der Waals surface area contributed by atoms with Gasteiger partial charge in [-0.3, -0.25) is 9.59 Å². The van der Waals surface area contributed by atoms with E-state index >= 15 is 0 Å². The Bertz CT molecular complexity index is 681. The number of amides is 1. The van der Waals surface area contributed by atoms with Gasteiger partial charge in [0.2, 0.25) is 0 Å². The quantitative estimate of drug-likeness (QED) is 0.833. The molecule has 0 aliphatic rings. The van der Waals surface area contributed by atoms with E-state index in [0.717, 1.165) is 0 Å². The molecule has 1 amide bonds. The number of carbonyl (C=O) groups excluding carboxylic acids is 2. The maximum Gasteiger partial charge on any atom is 0.252 e. The first-order valence-electron chi connectivity index (χ1n) is 6.84. The van der Waals surface area contributed by atoms with Gasteiger partial charge in [-0.15, -0.1) is 0 Å². The number of benzene rings is 2. The summed E-state index contributed by atoms with van der Waals surface area (Å²) in [7, 11) is 0. The smallest absolute Gasteiger partial charge is 0.252 e. The molecule has 0 aromatic heterocycles. The van der Waals surface area contributed by atoms with Crippen LogP contribution in [-0.4, -0.2) is 29.4 Å². The Kier molecular flexibility index (Phi) is 5.31. The molecule has 2 rings (SSSR count). The predicted octanol–water partition coefficient (Wildman–Crippen LogP) is 2.68. The molecule has 2 N–H and O–H groups in total. The molecule has 0 fully saturated rings. The van der Waals surface area contributed by atoms with Crippen LogP contribution in [-0.2, 0) is 0 Å². The van der Waals surface area contributed by atoms with Crippen molar-refractivity contribution >= 4 is 23.3 Å². The minimum Gasteiger partial charge on any atom is -0.392 e. The number of carbonyl (C=O) groups is 2. The molecule has 4 nitrogen and oxygen atoms in total.